The van der Waals surface area contributed by atoms with E-state index in [-0.39, 0.29) is 0 Å². The van der Waals surface area contributed by atoms with Gasteiger partial charge in [0.2, 0.25) is 0 Å². The largest absolute Gasteiger partial charge is 0.361 e. The average Bonchev–Trinajstić information content (AvgIpc) is 3.52. The van der Waals surface area contributed by atoms with Crippen molar-refractivity contribution in [1.29, 1.82) is 0 Å². The molecule has 0 spiro atoms. The third-order valence-corrected chi connectivity index (χ3v) is 7.70. The molecule has 1 saturated heterocycles. The quantitative estimate of drug-likeness (QED) is 0.279. The first-order chi connectivity index (χ1) is 18.5. The number of para-hydroxylation sites is 1. The number of hydrogen-bond donors (Lipinski definition) is 1. The molecule has 3 aliphatic rings. The van der Waals surface area contributed by atoms with Crippen LogP contribution in [0.25, 0.3) is 10.9 Å². The molecule has 4 heteroatoms. The molecule has 4 aromatic rings. The maximum atomic E-state index is 3.19. The Morgan fingerprint density at radius 2 is 1.08 bits per heavy atom. The lowest BCUT2D eigenvalue weighted by molar-refractivity contribution is 0.277. The van der Waals surface area contributed by atoms with Gasteiger partial charge in [-0.2, -0.15) is 0 Å². The molecule has 3 aromatic carbocycles. The van der Waals surface area contributed by atoms with Crippen LogP contribution in [0.5, 0.6) is 0 Å². The minimum absolute atomic E-state index is 1.12. The lowest BCUT2D eigenvalue weighted by atomic mass is 10.0. The molecule has 202 valence electrons. The van der Waals surface area contributed by atoms with Crippen molar-refractivity contribution in [3.05, 3.63) is 107 Å². The van der Waals surface area contributed by atoms with Gasteiger partial charge in [-0.15, -0.1) is 0 Å². The van der Waals surface area contributed by atoms with Crippen LogP contribution in [0.3, 0.4) is 0 Å². The summed E-state index contributed by atoms with van der Waals surface area (Å²) in [7, 11) is 6.52. The monoisotopic (exact) mass is 510 g/mol. The standard InChI is InChI=1S/C10H13N.C9H11N.C9H9N.C6H13N/c1-11-7-6-9-4-2-3-5-10(9)8-11;1-10-6-8-4-2-3-5-9(8)7-10;1-7-6-10-9-5-3-2-4-8(7)9;1-7-5-3-2-4-6-7/h2-5H,6-8H2,1H3;2-5H,6-7H2,1H3;2-6,10H,1H3;2-6H2,1H3. The first kappa shape index (κ1) is 28.1. The van der Waals surface area contributed by atoms with Crippen molar-refractivity contribution in [3.63, 3.8) is 0 Å². The molecule has 7 rings (SSSR count). The fourth-order valence-corrected chi connectivity index (χ4v) is 5.41. The van der Waals surface area contributed by atoms with Gasteiger partial charge in [0.1, 0.15) is 0 Å². The minimum atomic E-state index is 1.12. The molecule has 1 fully saturated rings. The highest BCUT2D eigenvalue weighted by molar-refractivity contribution is 5.82. The topological polar surface area (TPSA) is 25.5 Å². The van der Waals surface area contributed by atoms with E-state index < -0.39 is 0 Å². The van der Waals surface area contributed by atoms with Crippen molar-refractivity contribution in [2.75, 3.05) is 40.8 Å². The highest BCUT2D eigenvalue weighted by Gasteiger charge is 2.13. The second kappa shape index (κ2) is 14.3. The summed E-state index contributed by atoms with van der Waals surface area (Å²) in [5.74, 6) is 0. The minimum Gasteiger partial charge on any atom is -0.361 e. The highest BCUT2D eigenvalue weighted by Crippen LogP contribution is 2.20. The molecule has 1 N–H and O–H groups in total. The number of rotatable bonds is 0. The third-order valence-electron chi connectivity index (χ3n) is 7.70. The summed E-state index contributed by atoms with van der Waals surface area (Å²) >= 11 is 0. The number of H-pyrrole nitrogens is 1. The Morgan fingerprint density at radius 1 is 0.553 bits per heavy atom. The molecule has 3 aliphatic heterocycles. The number of aromatic nitrogens is 1. The molecule has 4 heterocycles. The average molecular weight is 511 g/mol. The van der Waals surface area contributed by atoms with E-state index in [9.17, 15) is 0 Å². The summed E-state index contributed by atoms with van der Waals surface area (Å²) in [6.45, 7) is 9.32. The van der Waals surface area contributed by atoms with Gasteiger partial charge < -0.3 is 14.8 Å². The van der Waals surface area contributed by atoms with E-state index in [0.29, 0.717) is 0 Å². The van der Waals surface area contributed by atoms with E-state index >= 15 is 0 Å². The smallest absolute Gasteiger partial charge is 0.0456 e. The Labute approximate surface area is 230 Å². The number of aromatic amines is 1. The number of piperidine rings is 1. The van der Waals surface area contributed by atoms with Crippen LogP contribution in [0.15, 0.2) is 79.0 Å². The highest BCUT2D eigenvalue weighted by atomic mass is 15.1. The number of fused-ring (bicyclic) bond motifs is 3. The fraction of sp³-hybridized carbons (Fsp3) is 0.412. The molecule has 0 bridgehead atoms. The molecule has 38 heavy (non-hydrogen) atoms. The van der Waals surface area contributed by atoms with Gasteiger partial charge in [0.25, 0.3) is 0 Å². The summed E-state index contributed by atoms with van der Waals surface area (Å²) in [5.41, 5.74) is 8.55. The maximum Gasteiger partial charge on any atom is 0.0456 e. The molecule has 0 saturated carbocycles. The van der Waals surface area contributed by atoms with Crippen molar-refractivity contribution in [3.8, 4) is 0 Å². The lowest BCUT2D eigenvalue weighted by Gasteiger charge is -2.24. The number of benzene rings is 3. The van der Waals surface area contributed by atoms with E-state index in [0.717, 1.165) is 19.6 Å². The van der Waals surface area contributed by atoms with E-state index in [2.05, 4.69) is 114 Å². The van der Waals surface area contributed by atoms with E-state index in [1.165, 1.54) is 84.0 Å². The van der Waals surface area contributed by atoms with Crippen LogP contribution in [-0.4, -0.2) is 60.5 Å². The number of hydrogen-bond acceptors (Lipinski definition) is 3. The molecular weight excluding hydrogens is 464 g/mol. The summed E-state index contributed by atoms with van der Waals surface area (Å²) < 4.78 is 0. The second-order valence-corrected chi connectivity index (χ2v) is 11.1. The summed E-state index contributed by atoms with van der Waals surface area (Å²) in [5, 5.41) is 1.32. The summed E-state index contributed by atoms with van der Waals surface area (Å²) in [6.07, 6.45) is 7.52. The first-order valence-corrected chi connectivity index (χ1v) is 14.2. The van der Waals surface area contributed by atoms with Crippen molar-refractivity contribution in [2.24, 2.45) is 0 Å². The van der Waals surface area contributed by atoms with Crippen LogP contribution in [0, 0.1) is 6.92 Å². The second-order valence-electron chi connectivity index (χ2n) is 11.1. The Balaban J connectivity index is 0.000000119. The Bertz CT molecular complexity index is 1230. The molecular formula is C34H46N4. The SMILES string of the molecule is CN1CCCCC1.CN1CCc2ccccc2C1.CN1Cc2ccccc2C1.Cc1c[nH]c2ccccc12. The number of nitrogens with zero attached hydrogens (tertiary/aromatic N) is 3. The zero-order valence-corrected chi connectivity index (χ0v) is 23.9. The number of likely N-dealkylation sites (N-methyl/N-ethyl adjacent to an activating group) is 1. The van der Waals surface area contributed by atoms with Crippen molar-refractivity contribution >= 4 is 10.9 Å². The van der Waals surface area contributed by atoms with Gasteiger partial charge >= 0.3 is 0 Å². The van der Waals surface area contributed by atoms with Crippen LogP contribution in [0.1, 0.15) is 47.1 Å². The molecule has 0 atom stereocenters. The van der Waals surface area contributed by atoms with Gasteiger partial charge in [0, 0.05) is 43.3 Å². The van der Waals surface area contributed by atoms with Gasteiger partial charge in [-0.3, -0.25) is 4.90 Å². The molecule has 4 nitrogen and oxygen atoms in total. The molecule has 0 unspecified atom stereocenters. The third kappa shape index (κ3) is 8.29. The van der Waals surface area contributed by atoms with Crippen LogP contribution in [0.2, 0.25) is 0 Å². The van der Waals surface area contributed by atoms with Crippen molar-refractivity contribution in [1.82, 2.24) is 19.7 Å². The maximum absolute atomic E-state index is 3.19. The van der Waals surface area contributed by atoms with Gasteiger partial charge in [-0.05, 0) is 94.3 Å². The lowest BCUT2D eigenvalue weighted by Crippen LogP contribution is -2.26. The molecule has 1 aromatic heterocycles. The summed E-state index contributed by atoms with van der Waals surface area (Å²) in [4.78, 5) is 10.3. The van der Waals surface area contributed by atoms with E-state index in [1.807, 2.05) is 12.3 Å². The van der Waals surface area contributed by atoms with Crippen LogP contribution < -0.4 is 0 Å². The predicted molar refractivity (Wildman–Crippen MR) is 162 cm³/mol. The molecule has 0 radical (unpaired) electrons. The number of aryl methyl sites for hydroxylation is 1. The van der Waals surface area contributed by atoms with Crippen LogP contribution in [0.4, 0.5) is 0 Å². The van der Waals surface area contributed by atoms with Crippen LogP contribution >= 0.6 is 0 Å². The van der Waals surface area contributed by atoms with Gasteiger partial charge in [0.05, 0.1) is 0 Å². The normalized spacial score (nSPS) is 17.2. The predicted octanol–water partition coefficient (Wildman–Crippen LogP) is 6.88. The van der Waals surface area contributed by atoms with Gasteiger partial charge in [-0.25, -0.2) is 0 Å². The van der Waals surface area contributed by atoms with Crippen molar-refractivity contribution < 1.29 is 0 Å². The Kier molecular flexibility index (Phi) is 10.6. The van der Waals surface area contributed by atoms with E-state index in [1.54, 1.807) is 0 Å². The van der Waals surface area contributed by atoms with E-state index in [4.69, 9.17) is 0 Å². The zero-order valence-electron chi connectivity index (χ0n) is 23.9. The van der Waals surface area contributed by atoms with Gasteiger partial charge in [0.15, 0.2) is 0 Å². The van der Waals surface area contributed by atoms with Gasteiger partial charge in [-0.1, -0.05) is 73.2 Å². The fourth-order valence-electron chi connectivity index (χ4n) is 5.41. The zero-order chi connectivity index (χ0) is 26.7. The molecule has 0 amide bonds. The number of likely N-dealkylation sites (tertiary alicyclic amines) is 1. The van der Waals surface area contributed by atoms with Crippen LogP contribution in [-0.2, 0) is 26.1 Å². The summed E-state index contributed by atoms with van der Waals surface area (Å²) in [6, 6.07) is 25.7. The first-order valence-electron chi connectivity index (χ1n) is 14.2. The van der Waals surface area contributed by atoms with Crippen molar-refractivity contribution in [2.45, 2.75) is 52.2 Å². The Morgan fingerprint density at radius 3 is 1.66 bits per heavy atom. The Hall–Kier alpha value is -2.92. The number of nitrogens with one attached hydrogen (secondary N) is 1. The molecule has 0 aliphatic carbocycles.